The maximum absolute atomic E-state index is 13.4. The van der Waals surface area contributed by atoms with Gasteiger partial charge in [-0.3, -0.25) is 0 Å². The van der Waals surface area contributed by atoms with Crippen molar-refractivity contribution in [2.45, 2.75) is 4.90 Å². The predicted octanol–water partition coefficient (Wildman–Crippen LogP) is 4.03. The summed E-state index contributed by atoms with van der Waals surface area (Å²) in [7, 11) is -7.33. The molecule has 0 spiro atoms. The van der Waals surface area contributed by atoms with Crippen LogP contribution in [0.15, 0.2) is 126 Å². The molecule has 0 saturated carbocycles. The zero-order chi connectivity index (χ0) is 20.2. The zero-order valence-electron chi connectivity index (χ0n) is 15.7. The van der Waals surface area contributed by atoms with Crippen molar-refractivity contribution in [2.24, 2.45) is 0 Å². The van der Waals surface area contributed by atoms with E-state index in [1.165, 1.54) is 0 Å². The minimum absolute atomic E-state index is 0.152. The van der Waals surface area contributed by atoms with Crippen molar-refractivity contribution >= 4 is 33.5 Å². The first-order valence-electron chi connectivity index (χ1n) is 9.30. The van der Waals surface area contributed by atoms with Crippen LogP contribution in [0.2, 0.25) is 0 Å². The molecule has 146 valence electrons. The summed E-state index contributed by atoms with van der Waals surface area (Å²) in [4.78, 5) is 0.152. The molecule has 4 aromatic rings. The molecule has 0 unspecified atom stereocenters. The van der Waals surface area contributed by atoms with Crippen molar-refractivity contribution in [3.63, 3.8) is 0 Å². The van der Waals surface area contributed by atoms with Gasteiger partial charge >= 0.3 is 172 Å². The summed E-state index contributed by atoms with van der Waals surface area (Å²) >= 11 is 0. The van der Waals surface area contributed by atoms with E-state index >= 15 is 0 Å². The molecule has 0 heterocycles. The van der Waals surface area contributed by atoms with Gasteiger partial charge in [0.05, 0.1) is 0 Å². The predicted molar refractivity (Wildman–Crippen MR) is 121 cm³/mol. The fourth-order valence-electron chi connectivity index (χ4n) is 3.46. The second-order valence-electron chi connectivity index (χ2n) is 6.63. The third kappa shape index (κ3) is 3.88. The molecule has 0 aliphatic rings. The number of hydrogen-bond donors (Lipinski definition) is 0. The van der Waals surface area contributed by atoms with E-state index in [4.69, 9.17) is 3.97 Å². The molecule has 3 nitrogen and oxygen atoms in total. The third-order valence-corrected chi connectivity index (χ3v) is 11.0. The molecule has 0 fully saturated rings. The monoisotopic (exact) mass is 420 g/mol. The van der Waals surface area contributed by atoms with Crippen LogP contribution in [-0.4, -0.2) is 8.42 Å². The number of hydrogen-bond acceptors (Lipinski definition) is 3. The van der Waals surface area contributed by atoms with Gasteiger partial charge in [-0.05, 0) is 0 Å². The average Bonchev–Trinajstić information content (AvgIpc) is 2.80. The summed E-state index contributed by atoms with van der Waals surface area (Å²) in [5.74, 6) is 0. The third-order valence-electron chi connectivity index (χ3n) is 4.81. The van der Waals surface area contributed by atoms with E-state index in [2.05, 4.69) is 0 Å². The average molecular weight is 420 g/mol. The van der Waals surface area contributed by atoms with Crippen molar-refractivity contribution < 1.29 is 12.4 Å². The van der Waals surface area contributed by atoms with Crippen LogP contribution in [0.4, 0.5) is 0 Å². The van der Waals surface area contributed by atoms with Gasteiger partial charge in [-0.15, -0.1) is 0 Å². The van der Waals surface area contributed by atoms with Gasteiger partial charge in [0.25, 0.3) is 0 Å². The Morgan fingerprint density at radius 2 is 0.793 bits per heavy atom. The van der Waals surface area contributed by atoms with Crippen molar-refractivity contribution in [1.29, 1.82) is 0 Å². The van der Waals surface area contributed by atoms with Gasteiger partial charge in [0.2, 0.25) is 0 Å². The molecular weight excluding hydrogens is 399 g/mol. The Balaban J connectivity index is 2.01. The standard InChI is InChI=1S/C24H21O3PS/c25-29(26,24-19-11-4-12-20-24)27-28(21-13-5-1-6-14-21,22-15-7-2-8-16-22)23-17-9-3-10-18-23/h1-20,28H. The number of rotatable bonds is 6. The Kier molecular flexibility index (Phi) is 5.59. The van der Waals surface area contributed by atoms with Crippen LogP contribution < -0.4 is 15.9 Å². The first-order valence-corrected chi connectivity index (χ1v) is 12.6. The van der Waals surface area contributed by atoms with Crippen LogP contribution in [-0.2, 0) is 14.1 Å². The minimum atomic E-state index is -4.00. The second-order valence-corrected chi connectivity index (χ2v) is 11.8. The second kappa shape index (κ2) is 8.30. The van der Waals surface area contributed by atoms with Crippen LogP contribution >= 0.6 is 7.49 Å². The molecular formula is C24H21O3PS. The van der Waals surface area contributed by atoms with E-state index in [1.807, 2.05) is 91.0 Å². The van der Waals surface area contributed by atoms with Gasteiger partial charge < -0.3 is 0 Å². The van der Waals surface area contributed by atoms with E-state index < -0.39 is 17.6 Å². The molecule has 0 radical (unpaired) electrons. The quantitative estimate of drug-likeness (QED) is 0.443. The van der Waals surface area contributed by atoms with Crippen LogP contribution in [0.1, 0.15) is 0 Å². The molecule has 4 rings (SSSR count). The summed E-state index contributed by atoms with van der Waals surface area (Å²) in [5.41, 5.74) is 0. The molecule has 0 N–H and O–H groups in total. The van der Waals surface area contributed by atoms with Gasteiger partial charge in [-0.25, -0.2) is 0 Å². The summed E-state index contributed by atoms with van der Waals surface area (Å²) in [5, 5.41) is 2.62. The Hall–Kier alpha value is -2.78. The van der Waals surface area contributed by atoms with Crippen molar-refractivity contribution in [2.75, 3.05) is 0 Å². The zero-order valence-corrected chi connectivity index (χ0v) is 17.5. The Morgan fingerprint density at radius 3 is 1.14 bits per heavy atom. The van der Waals surface area contributed by atoms with E-state index in [0.717, 1.165) is 15.9 Å². The van der Waals surface area contributed by atoms with Crippen LogP contribution in [0, 0.1) is 0 Å². The normalized spacial score (nSPS) is 12.4. The van der Waals surface area contributed by atoms with Crippen LogP contribution in [0.25, 0.3) is 0 Å². The fraction of sp³-hybridized carbons (Fsp3) is 0. The summed E-state index contributed by atoms with van der Waals surface area (Å²) in [6, 6.07) is 37.3. The topological polar surface area (TPSA) is 43.4 Å². The molecule has 0 aliphatic heterocycles. The van der Waals surface area contributed by atoms with E-state index in [1.54, 1.807) is 30.3 Å². The van der Waals surface area contributed by atoms with Crippen molar-refractivity contribution in [1.82, 2.24) is 0 Å². The summed E-state index contributed by atoms with van der Waals surface area (Å²) in [6.07, 6.45) is 0. The van der Waals surface area contributed by atoms with Crippen molar-refractivity contribution in [3.05, 3.63) is 121 Å². The molecule has 29 heavy (non-hydrogen) atoms. The van der Waals surface area contributed by atoms with Gasteiger partial charge in [-0.2, -0.15) is 0 Å². The van der Waals surface area contributed by atoms with Gasteiger partial charge in [-0.1, -0.05) is 0 Å². The molecule has 0 amide bonds. The molecule has 5 heteroatoms. The Labute approximate surface area is 172 Å². The summed E-state index contributed by atoms with van der Waals surface area (Å²) < 4.78 is 33.0. The van der Waals surface area contributed by atoms with Crippen LogP contribution in [0.5, 0.6) is 0 Å². The maximum atomic E-state index is 13.4. The first-order chi connectivity index (χ1) is 14.1. The van der Waals surface area contributed by atoms with Gasteiger partial charge in [0.1, 0.15) is 0 Å². The van der Waals surface area contributed by atoms with Crippen LogP contribution in [0.3, 0.4) is 0 Å². The SMILES string of the molecule is O=S(=O)(O[PH](c1ccccc1)(c1ccccc1)c1ccccc1)c1ccccc1. The van der Waals surface area contributed by atoms with Gasteiger partial charge in [0, 0.05) is 0 Å². The fourth-order valence-corrected chi connectivity index (χ4v) is 9.79. The van der Waals surface area contributed by atoms with E-state index in [-0.39, 0.29) is 4.90 Å². The molecule has 4 aromatic carbocycles. The molecule has 0 aromatic heterocycles. The number of benzene rings is 4. The Morgan fingerprint density at radius 1 is 0.483 bits per heavy atom. The summed E-state index contributed by atoms with van der Waals surface area (Å²) in [6.45, 7) is 0. The molecule has 0 aliphatic carbocycles. The Bertz CT molecular complexity index is 1070. The first kappa shape index (κ1) is 19.5. The van der Waals surface area contributed by atoms with E-state index in [9.17, 15) is 8.42 Å². The molecule has 0 bridgehead atoms. The van der Waals surface area contributed by atoms with E-state index in [0.29, 0.717) is 0 Å². The van der Waals surface area contributed by atoms with Gasteiger partial charge in [0.15, 0.2) is 0 Å². The van der Waals surface area contributed by atoms with Crippen molar-refractivity contribution in [3.8, 4) is 0 Å². The molecule has 0 saturated heterocycles. The molecule has 0 atom stereocenters.